The second kappa shape index (κ2) is 8.72. The van der Waals surface area contributed by atoms with Crippen molar-refractivity contribution >= 4 is 56.5 Å². The third kappa shape index (κ3) is 3.79. The number of fused-ring (bicyclic) bond motifs is 5. The molecule has 0 radical (unpaired) electrons. The summed E-state index contributed by atoms with van der Waals surface area (Å²) in [5.74, 6) is 0.900. The molecule has 3 aromatic heterocycles. The Kier molecular flexibility index (Phi) is 5.53. The van der Waals surface area contributed by atoms with E-state index in [1.807, 2.05) is 29.5 Å². The first-order valence-electron chi connectivity index (χ1n) is 11.4. The molecule has 1 aliphatic carbocycles. The van der Waals surface area contributed by atoms with Crippen LogP contribution in [0.15, 0.2) is 23.4 Å². The molecule has 0 bridgehead atoms. The topological polar surface area (TPSA) is 104 Å². The Balaban J connectivity index is 1.27. The zero-order valence-electron chi connectivity index (χ0n) is 19.2. The SMILES string of the molecule is CCOC(=O)c1c(NC(=O)CSc2nnc3c(C)cc4cc5c(cc4n23)OCO5)sc2c1CCC2. The summed E-state index contributed by atoms with van der Waals surface area (Å²) in [6.45, 7) is 4.24. The van der Waals surface area contributed by atoms with Gasteiger partial charge in [-0.15, -0.1) is 21.5 Å². The van der Waals surface area contributed by atoms with E-state index in [4.69, 9.17) is 14.2 Å². The Hall–Kier alpha value is -3.31. The van der Waals surface area contributed by atoms with Crippen molar-refractivity contribution in [2.75, 3.05) is 24.5 Å². The lowest BCUT2D eigenvalue weighted by atomic mass is 10.1. The minimum absolute atomic E-state index is 0.117. The fourth-order valence-corrected chi connectivity index (χ4v) is 6.63. The van der Waals surface area contributed by atoms with Gasteiger partial charge >= 0.3 is 5.97 Å². The number of carbonyl (C=O) groups is 2. The van der Waals surface area contributed by atoms with Crippen molar-refractivity contribution in [3.05, 3.63) is 39.8 Å². The molecule has 35 heavy (non-hydrogen) atoms. The number of hydrogen-bond donors (Lipinski definition) is 1. The molecule has 0 saturated carbocycles. The predicted octanol–water partition coefficient (Wildman–Crippen LogP) is 4.38. The van der Waals surface area contributed by atoms with Crippen molar-refractivity contribution in [3.63, 3.8) is 0 Å². The number of pyridine rings is 1. The Labute approximate surface area is 208 Å². The Morgan fingerprint density at radius 2 is 2.03 bits per heavy atom. The van der Waals surface area contributed by atoms with Gasteiger partial charge in [-0.1, -0.05) is 11.8 Å². The van der Waals surface area contributed by atoms with Crippen molar-refractivity contribution < 1.29 is 23.8 Å². The number of nitrogens with zero attached hydrogens (tertiary/aromatic N) is 3. The summed E-state index contributed by atoms with van der Waals surface area (Å²) >= 11 is 2.76. The van der Waals surface area contributed by atoms with Crippen molar-refractivity contribution in [3.8, 4) is 11.5 Å². The number of rotatable bonds is 6. The molecular weight excluding hydrogens is 488 g/mol. The number of anilines is 1. The molecule has 1 amide bonds. The lowest BCUT2D eigenvalue weighted by Crippen LogP contribution is -2.17. The van der Waals surface area contributed by atoms with Gasteiger partial charge in [-0.05, 0) is 56.4 Å². The number of aromatic nitrogens is 3. The zero-order chi connectivity index (χ0) is 24.1. The van der Waals surface area contributed by atoms with Crippen molar-refractivity contribution in [2.45, 2.75) is 38.3 Å². The first-order valence-corrected chi connectivity index (χ1v) is 13.2. The summed E-state index contributed by atoms with van der Waals surface area (Å²) in [5, 5.41) is 13.8. The molecule has 0 unspecified atom stereocenters. The molecule has 6 rings (SSSR count). The third-order valence-corrected chi connectivity index (χ3v) is 8.24. The van der Waals surface area contributed by atoms with E-state index in [0.29, 0.717) is 33.8 Å². The second-order valence-electron chi connectivity index (χ2n) is 8.35. The summed E-state index contributed by atoms with van der Waals surface area (Å²) in [7, 11) is 0. The highest BCUT2D eigenvalue weighted by molar-refractivity contribution is 7.99. The van der Waals surface area contributed by atoms with E-state index in [0.717, 1.165) is 51.8 Å². The molecule has 4 heterocycles. The minimum Gasteiger partial charge on any atom is -0.462 e. The van der Waals surface area contributed by atoms with Gasteiger partial charge in [-0.2, -0.15) is 0 Å². The molecule has 1 aliphatic heterocycles. The molecule has 0 saturated heterocycles. The van der Waals surface area contributed by atoms with E-state index in [-0.39, 0.29) is 24.4 Å². The standard InChI is InChI=1S/C24H22N4O5S2/c1-3-31-23(30)20-14-5-4-6-18(14)35-22(20)25-19(29)10-34-24-27-26-21-12(2)7-13-8-16-17(33-11-32-16)9-15(13)28(21)24/h7-9H,3-6,10-11H2,1-2H3,(H,25,29). The predicted molar refractivity (Wildman–Crippen MR) is 133 cm³/mol. The smallest absolute Gasteiger partial charge is 0.341 e. The maximum Gasteiger partial charge on any atom is 0.341 e. The van der Waals surface area contributed by atoms with Gasteiger partial charge in [0.1, 0.15) is 5.00 Å². The maximum atomic E-state index is 12.9. The van der Waals surface area contributed by atoms with Gasteiger partial charge in [0, 0.05) is 16.3 Å². The van der Waals surface area contributed by atoms with Gasteiger partial charge in [-0.3, -0.25) is 9.20 Å². The number of amides is 1. The Bertz CT molecular complexity index is 1510. The van der Waals surface area contributed by atoms with Gasteiger partial charge in [0.05, 0.1) is 23.4 Å². The van der Waals surface area contributed by atoms with Crippen LogP contribution in [0, 0.1) is 6.92 Å². The van der Waals surface area contributed by atoms with E-state index in [1.165, 1.54) is 23.1 Å². The minimum atomic E-state index is -0.376. The van der Waals surface area contributed by atoms with E-state index in [2.05, 4.69) is 15.5 Å². The normalized spacial score (nSPS) is 14.0. The van der Waals surface area contributed by atoms with Gasteiger partial charge < -0.3 is 19.5 Å². The van der Waals surface area contributed by atoms with Gasteiger partial charge in [0.2, 0.25) is 12.7 Å². The average Bonchev–Trinajstić information content (AvgIpc) is 3.60. The second-order valence-corrected chi connectivity index (χ2v) is 10.4. The van der Waals surface area contributed by atoms with Crippen molar-refractivity contribution in [1.82, 2.24) is 14.6 Å². The monoisotopic (exact) mass is 510 g/mol. The number of aryl methyl sites for hydroxylation is 2. The summed E-state index contributed by atoms with van der Waals surface area (Å²) < 4.78 is 18.3. The highest BCUT2D eigenvalue weighted by atomic mass is 32.2. The maximum absolute atomic E-state index is 12.9. The van der Waals surface area contributed by atoms with Gasteiger partial charge in [0.15, 0.2) is 22.3 Å². The molecule has 1 N–H and O–H groups in total. The Morgan fingerprint density at radius 1 is 1.20 bits per heavy atom. The van der Waals surface area contributed by atoms with Crippen LogP contribution in [0.4, 0.5) is 5.00 Å². The lowest BCUT2D eigenvalue weighted by Gasteiger charge is -2.09. The van der Waals surface area contributed by atoms with Crippen LogP contribution in [0.25, 0.3) is 16.6 Å². The number of esters is 1. The van der Waals surface area contributed by atoms with E-state index < -0.39 is 0 Å². The zero-order valence-corrected chi connectivity index (χ0v) is 20.8. The molecule has 11 heteroatoms. The average molecular weight is 511 g/mol. The highest BCUT2D eigenvalue weighted by Crippen LogP contribution is 2.40. The van der Waals surface area contributed by atoms with Crippen LogP contribution in [0.5, 0.6) is 11.5 Å². The summed E-state index contributed by atoms with van der Waals surface area (Å²) in [6.07, 6.45) is 2.78. The quantitative estimate of drug-likeness (QED) is 0.301. The first-order chi connectivity index (χ1) is 17.0. The number of carbonyl (C=O) groups excluding carboxylic acids is 2. The molecule has 1 aromatic carbocycles. The first kappa shape index (κ1) is 22.2. The molecule has 9 nitrogen and oxygen atoms in total. The number of hydrogen-bond acceptors (Lipinski definition) is 9. The Morgan fingerprint density at radius 3 is 2.86 bits per heavy atom. The molecule has 2 aliphatic rings. The molecule has 4 aromatic rings. The van der Waals surface area contributed by atoms with E-state index in [1.54, 1.807) is 6.92 Å². The molecule has 0 atom stereocenters. The van der Waals surface area contributed by atoms with Crippen LogP contribution in [-0.4, -0.2) is 45.6 Å². The fraction of sp³-hybridized carbons (Fsp3) is 0.333. The number of benzene rings is 1. The fourth-order valence-electron chi connectivity index (χ4n) is 4.59. The largest absolute Gasteiger partial charge is 0.462 e. The summed E-state index contributed by atoms with van der Waals surface area (Å²) in [4.78, 5) is 26.7. The van der Waals surface area contributed by atoms with Crippen LogP contribution in [-0.2, 0) is 22.4 Å². The molecule has 180 valence electrons. The van der Waals surface area contributed by atoms with Crippen molar-refractivity contribution in [2.24, 2.45) is 0 Å². The molecule has 0 spiro atoms. The molecule has 0 fully saturated rings. The summed E-state index contributed by atoms with van der Waals surface area (Å²) in [6, 6.07) is 5.89. The van der Waals surface area contributed by atoms with Crippen LogP contribution >= 0.6 is 23.1 Å². The van der Waals surface area contributed by atoms with Crippen LogP contribution in [0.3, 0.4) is 0 Å². The van der Waals surface area contributed by atoms with Gasteiger partial charge in [0.25, 0.3) is 0 Å². The van der Waals surface area contributed by atoms with Crippen LogP contribution in [0.1, 0.15) is 39.7 Å². The lowest BCUT2D eigenvalue weighted by molar-refractivity contribution is -0.113. The van der Waals surface area contributed by atoms with E-state index >= 15 is 0 Å². The highest BCUT2D eigenvalue weighted by Gasteiger charge is 2.28. The summed E-state index contributed by atoms with van der Waals surface area (Å²) in [5.41, 5.74) is 4.08. The number of ether oxygens (including phenoxy) is 3. The van der Waals surface area contributed by atoms with E-state index in [9.17, 15) is 9.59 Å². The van der Waals surface area contributed by atoms with Gasteiger partial charge in [-0.25, -0.2) is 4.79 Å². The number of thioether (sulfide) groups is 1. The van der Waals surface area contributed by atoms with Crippen LogP contribution in [0.2, 0.25) is 0 Å². The van der Waals surface area contributed by atoms with Crippen LogP contribution < -0.4 is 14.8 Å². The third-order valence-electron chi connectivity index (χ3n) is 6.11. The number of thiophene rings is 1. The number of nitrogens with one attached hydrogen (secondary N) is 1. The van der Waals surface area contributed by atoms with Crippen molar-refractivity contribution in [1.29, 1.82) is 0 Å². The molecular formula is C24H22N4O5S2.